The van der Waals surface area contributed by atoms with E-state index in [2.05, 4.69) is 51.2 Å². The zero-order valence-electron chi connectivity index (χ0n) is 21.0. The maximum atomic E-state index is 11.4. The fourth-order valence-corrected chi connectivity index (χ4v) is 4.26. The van der Waals surface area contributed by atoms with Crippen LogP contribution in [0.15, 0.2) is 66.9 Å². The number of carboxylic acid groups (broad SMARTS) is 1. The van der Waals surface area contributed by atoms with Gasteiger partial charge >= 0.3 is 5.97 Å². The number of carbonyl (C=O) groups excluding carboxylic acids is 1. The SMILES string of the molecule is CCC(=O)O.Cc1cc(Cl)ccc1-c1ccc2nn(C(CC(C)C)c3ccc(C(N)=O)cc3)cc2c1. The maximum absolute atomic E-state index is 11.4. The molecule has 0 saturated heterocycles. The van der Waals surface area contributed by atoms with Crippen LogP contribution in [0.25, 0.3) is 22.0 Å². The van der Waals surface area contributed by atoms with Gasteiger partial charge in [0.05, 0.1) is 11.6 Å². The third-order valence-corrected chi connectivity index (χ3v) is 6.15. The van der Waals surface area contributed by atoms with Gasteiger partial charge in [0.1, 0.15) is 0 Å². The van der Waals surface area contributed by atoms with Gasteiger partial charge in [-0.2, -0.15) is 5.10 Å². The second-order valence-electron chi connectivity index (χ2n) is 9.22. The van der Waals surface area contributed by atoms with Gasteiger partial charge in [-0.3, -0.25) is 14.3 Å². The highest BCUT2D eigenvalue weighted by atomic mass is 35.5. The number of halogens is 1. The van der Waals surface area contributed by atoms with Crippen molar-refractivity contribution in [3.8, 4) is 11.1 Å². The highest BCUT2D eigenvalue weighted by molar-refractivity contribution is 6.30. The number of nitrogens with zero attached hydrogens (tertiary/aromatic N) is 2. The lowest BCUT2D eigenvalue weighted by Gasteiger charge is -2.20. The molecule has 1 heterocycles. The van der Waals surface area contributed by atoms with Crippen LogP contribution < -0.4 is 5.73 Å². The molecule has 0 aliphatic rings. The smallest absolute Gasteiger partial charge is 0.303 e. The Morgan fingerprint density at radius 1 is 1.06 bits per heavy atom. The first kappa shape index (κ1) is 27.0. The number of rotatable bonds is 7. The van der Waals surface area contributed by atoms with Gasteiger partial charge in [-0.1, -0.05) is 56.6 Å². The Hall–Kier alpha value is -3.64. The van der Waals surface area contributed by atoms with Crippen molar-refractivity contribution < 1.29 is 14.7 Å². The van der Waals surface area contributed by atoms with E-state index in [4.69, 9.17) is 27.5 Å². The molecule has 1 aromatic heterocycles. The van der Waals surface area contributed by atoms with Crippen molar-refractivity contribution in [1.82, 2.24) is 9.78 Å². The van der Waals surface area contributed by atoms with E-state index in [0.29, 0.717) is 11.5 Å². The number of carboxylic acids is 1. The Bertz CT molecular complexity index is 1360. The lowest BCUT2D eigenvalue weighted by Crippen LogP contribution is -2.15. The molecule has 0 aliphatic heterocycles. The number of nitrogens with two attached hydrogens (primary N) is 1. The van der Waals surface area contributed by atoms with Gasteiger partial charge in [0.15, 0.2) is 0 Å². The largest absolute Gasteiger partial charge is 0.481 e. The van der Waals surface area contributed by atoms with E-state index in [-0.39, 0.29) is 12.5 Å². The first-order chi connectivity index (χ1) is 17.1. The van der Waals surface area contributed by atoms with Crippen molar-refractivity contribution in [2.45, 2.75) is 46.6 Å². The van der Waals surface area contributed by atoms with Gasteiger partial charge in [-0.05, 0) is 77.9 Å². The fraction of sp³-hybridized carbons (Fsp3) is 0.276. The number of primary amides is 1. The molecule has 0 bridgehead atoms. The Kier molecular flexibility index (Phi) is 8.88. The molecule has 6 nitrogen and oxygen atoms in total. The molecule has 0 fully saturated rings. The highest BCUT2D eigenvalue weighted by Gasteiger charge is 2.18. The molecule has 7 heteroatoms. The molecular formula is C29H32ClN3O3. The van der Waals surface area contributed by atoms with Gasteiger partial charge in [-0.25, -0.2) is 0 Å². The van der Waals surface area contributed by atoms with Crippen LogP contribution in [0.3, 0.4) is 0 Å². The minimum Gasteiger partial charge on any atom is -0.481 e. The van der Waals surface area contributed by atoms with E-state index in [9.17, 15) is 9.59 Å². The summed E-state index contributed by atoms with van der Waals surface area (Å²) in [6.07, 6.45) is 3.27. The number of hydrogen-bond donors (Lipinski definition) is 2. The lowest BCUT2D eigenvalue weighted by atomic mass is 9.96. The minimum absolute atomic E-state index is 0.0787. The van der Waals surface area contributed by atoms with Crippen molar-refractivity contribution in [3.05, 3.63) is 88.6 Å². The number of hydrogen-bond acceptors (Lipinski definition) is 3. The second kappa shape index (κ2) is 11.9. The molecule has 1 atom stereocenters. The maximum Gasteiger partial charge on any atom is 0.303 e. The molecule has 0 radical (unpaired) electrons. The average molecular weight is 506 g/mol. The van der Waals surface area contributed by atoms with Gasteiger partial charge in [0.25, 0.3) is 0 Å². The number of aryl methyl sites for hydroxylation is 1. The van der Waals surface area contributed by atoms with Crippen molar-refractivity contribution >= 4 is 34.4 Å². The van der Waals surface area contributed by atoms with Crippen LogP contribution in [0, 0.1) is 12.8 Å². The van der Waals surface area contributed by atoms with E-state index >= 15 is 0 Å². The second-order valence-corrected chi connectivity index (χ2v) is 9.66. The molecule has 1 amide bonds. The Balaban J connectivity index is 0.000000658. The molecule has 4 aromatic rings. The predicted molar refractivity (Wildman–Crippen MR) is 145 cm³/mol. The number of carbonyl (C=O) groups is 2. The van der Waals surface area contributed by atoms with Crippen LogP contribution in [-0.2, 0) is 4.79 Å². The molecule has 36 heavy (non-hydrogen) atoms. The van der Waals surface area contributed by atoms with Crippen LogP contribution in [-0.4, -0.2) is 26.8 Å². The van der Waals surface area contributed by atoms with E-state index in [0.717, 1.165) is 39.0 Å². The Labute approximate surface area is 216 Å². The first-order valence-corrected chi connectivity index (χ1v) is 12.3. The van der Waals surface area contributed by atoms with Gasteiger partial charge in [-0.15, -0.1) is 0 Å². The van der Waals surface area contributed by atoms with Crippen LogP contribution in [0.5, 0.6) is 0 Å². The first-order valence-electron chi connectivity index (χ1n) is 12.0. The molecule has 3 N–H and O–H groups in total. The lowest BCUT2D eigenvalue weighted by molar-refractivity contribution is -0.136. The van der Waals surface area contributed by atoms with Gasteiger partial charge in [0, 0.05) is 28.6 Å². The number of aliphatic carboxylic acids is 1. The molecule has 188 valence electrons. The molecule has 3 aromatic carbocycles. The molecule has 1 unspecified atom stereocenters. The Morgan fingerprint density at radius 3 is 2.28 bits per heavy atom. The number of amides is 1. The summed E-state index contributed by atoms with van der Waals surface area (Å²) >= 11 is 6.13. The van der Waals surface area contributed by atoms with Crippen LogP contribution >= 0.6 is 11.6 Å². The van der Waals surface area contributed by atoms with E-state index < -0.39 is 11.9 Å². The minimum atomic E-state index is -0.745. The topological polar surface area (TPSA) is 98.2 Å². The summed E-state index contributed by atoms with van der Waals surface area (Å²) in [7, 11) is 0. The summed E-state index contributed by atoms with van der Waals surface area (Å²) in [5, 5.41) is 14.4. The number of aromatic nitrogens is 2. The highest BCUT2D eigenvalue weighted by Crippen LogP contribution is 2.31. The van der Waals surface area contributed by atoms with Gasteiger partial charge < -0.3 is 10.8 Å². The van der Waals surface area contributed by atoms with Crippen molar-refractivity contribution in [2.75, 3.05) is 0 Å². The number of fused-ring (bicyclic) bond motifs is 1. The fourth-order valence-electron chi connectivity index (χ4n) is 4.04. The molecule has 0 aliphatic carbocycles. The summed E-state index contributed by atoms with van der Waals surface area (Å²) in [5.41, 5.74) is 11.4. The van der Waals surface area contributed by atoms with Crippen LogP contribution in [0.1, 0.15) is 61.1 Å². The zero-order valence-corrected chi connectivity index (χ0v) is 21.8. The zero-order chi connectivity index (χ0) is 26.4. The summed E-state index contributed by atoms with van der Waals surface area (Å²) in [4.78, 5) is 20.8. The summed E-state index contributed by atoms with van der Waals surface area (Å²) in [5.74, 6) is -0.674. The third-order valence-electron chi connectivity index (χ3n) is 5.92. The van der Waals surface area contributed by atoms with Crippen molar-refractivity contribution in [1.29, 1.82) is 0 Å². The van der Waals surface area contributed by atoms with Gasteiger partial charge in [0.2, 0.25) is 5.91 Å². The van der Waals surface area contributed by atoms with Crippen molar-refractivity contribution in [2.24, 2.45) is 11.7 Å². The van der Waals surface area contributed by atoms with Crippen LogP contribution in [0.4, 0.5) is 0 Å². The summed E-state index contributed by atoms with van der Waals surface area (Å²) in [6, 6.07) is 19.9. The third kappa shape index (κ3) is 6.73. The summed E-state index contributed by atoms with van der Waals surface area (Å²) < 4.78 is 2.04. The molecule has 0 spiro atoms. The molecule has 4 rings (SSSR count). The summed E-state index contributed by atoms with van der Waals surface area (Å²) in [6.45, 7) is 8.08. The molecule has 0 saturated carbocycles. The average Bonchev–Trinajstić information content (AvgIpc) is 3.26. The number of benzene rings is 3. The van der Waals surface area contributed by atoms with E-state index in [1.54, 1.807) is 19.1 Å². The normalized spacial score (nSPS) is 11.7. The molecular weight excluding hydrogens is 474 g/mol. The van der Waals surface area contributed by atoms with Crippen molar-refractivity contribution in [3.63, 3.8) is 0 Å². The van der Waals surface area contributed by atoms with E-state index in [1.165, 1.54) is 5.56 Å². The monoisotopic (exact) mass is 505 g/mol. The Morgan fingerprint density at radius 2 is 1.72 bits per heavy atom. The standard InChI is InChI=1S/C26H26ClN3O.C3H6O2/c1-16(2)12-25(18-4-6-19(7-5-18)26(28)31)30-15-21-14-20(8-11-24(21)29-30)23-10-9-22(27)13-17(23)3;1-2-3(4)5/h4-11,13-16,25H,12H2,1-3H3,(H2,28,31);2H2,1H3,(H,4,5). The van der Waals surface area contributed by atoms with E-state index in [1.807, 2.05) is 28.9 Å². The van der Waals surface area contributed by atoms with Crippen LogP contribution in [0.2, 0.25) is 5.02 Å². The predicted octanol–water partition coefficient (Wildman–Crippen LogP) is 6.88. The quantitative estimate of drug-likeness (QED) is 0.286.